The van der Waals surface area contributed by atoms with Crippen molar-refractivity contribution in [1.29, 1.82) is 0 Å². The van der Waals surface area contributed by atoms with Crippen LogP contribution in [0.25, 0.3) is 0 Å². The van der Waals surface area contributed by atoms with E-state index in [1.54, 1.807) is 0 Å². The third kappa shape index (κ3) is 12.2. The molecule has 2 heterocycles. The third-order valence-electron chi connectivity index (χ3n) is 7.77. The summed E-state index contributed by atoms with van der Waals surface area (Å²) in [5, 5.41) is 14.3. The number of fused-ring (bicyclic) bond motifs is 2. The first-order valence-electron chi connectivity index (χ1n) is 15.6. The maximum absolute atomic E-state index is 3.62. The molecule has 0 radical (unpaired) electrons. The molecule has 6 nitrogen and oxygen atoms in total. The molecule has 0 amide bonds. The van der Waals surface area contributed by atoms with Crippen LogP contribution in [0, 0.1) is 0 Å². The van der Waals surface area contributed by atoms with E-state index in [2.05, 4.69) is 79.6 Å². The maximum Gasteiger partial charge on any atom is 0.0681 e. The van der Waals surface area contributed by atoms with Gasteiger partial charge < -0.3 is 21.3 Å². The average Bonchev–Trinajstić information content (AvgIpc) is 3.00. The summed E-state index contributed by atoms with van der Waals surface area (Å²) in [5.41, 5.74) is 5.48. The summed E-state index contributed by atoms with van der Waals surface area (Å²) in [5.74, 6) is 2.40. The minimum atomic E-state index is 0.985. The molecule has 4 rings (SSSR count). The Labute approximate surface area is 251 Å². The van der Waals surface area contributed by atoms with Gasteiger partial charge in [-0.1, -0.05) is 83.7 Å². The van der Waals surface area contributed by atoms with Crippen molar-refractivity contribution in [3.8, 4) is 0 Å². The highest BCUT2D eigenvalue weighted by Crippen LogP contribution is 2.23. The van der Waals surface area contributed by atoms with Gasteiger partial charge in [0.25, 0.3) is 0 Å². The lowest BCUT2D eigenvalue weighted by atomic mass is 10.1. The molecule has 40 heavy (non-hydrogen) atoms. The Bertz CT molecular complexity index is 870. The number of hydrogen-bond donors (Lipinski definition) is 4. The molecule has 0 bridgehead atoms. The van der Waals surface area contributed by atoms with Crippen LogP contribution >= 0.6 is 21.6 Å². The van der Waals surface area contributed by atoms with E-state index in [0.717, 1.165) is 52.6 Å². The number of nitrogens with zero attached hydrogens (tertiary/aromatic N) is 2. The number of anilines is 2. The van der Waals surface area contributed by atoms with Gasteiger partial charge in [-0.2, -0.15) is 0 Å². The molecule has 2 aromatic rings. The number of nitrogens with one attached hydrogen (secondary N) is 4. The summed E-state index contributed by atoms with van der Waals surface area (Å²) < 4.78 is 0. The number of hydrogen-bond acceptors (Lipinski definition) is 8. The summed E-state index contributed by atoms with van der Waals surface area (Å²) in [6, 6.07) is 17.4. The second-order valence-corrected chi connectivity index (χ2v) is 13.8. The van der Waals surface area contributed by atoms with E-state index in [-0.39, 0.29) is 0 Å². The van der Waals surface area contributed by atoms with Crippen molar-refractivity contribution in [2.24, 2.45) is 0 Å². The second-order valence-electron chi connectivity index (χ2n) is 11.1. The monoisotopic (exact) mass is 584 g/mol. The maximum atomic E-state index is 3.62. The number of unbranched alkanes of at least 4 members (excludes halogenated alkanes) is 6. The largest absolute Gasteiger partial charge is 0.372 e. The van der Waals surface area contributed by atoms with Gasteiger partial charge >= 0.3 is 0 Å². The summed E-state index contributed by atoms with van der Waals surface area (Å²) in [4.78, 5) is 5.06. The van der Waals surface area contributed by atoms with Crippen molar-refractivity contribution in [3.05, 3.63) is 59.7 Å². The first kappa shape index (κ1) is 31.5. The lowest BCUT2D eigenvalue weighted by Crippen LogP contribution is -2.34. The van der Waals surface area contributed by atoms with E-state index in [1.807, 2.05) is 21.6 Å². The molecule has 0 unspecified atom stereocenters. The summed E-state index contributed by atoms with van der Waals surface area (Å²) in [6.45, 7) is 11.1. The molecule has 2 aliphatic rings. The fraction of sp³-hybridized carbons (Fsp3) is 0.625. The van der Waals surface area contributed by atoms with Gasteiger partial charge in [-0.15, -0.1) is 0 Å². The molecule has 4 N–H and O–H groups in total. The Morgan fingerprint density at radius 2 is 1.00 bits per heavy atom. The fourth-order valence-corrected chi connectivity index (χ4v) is 7.34. The van der Waals surface area contributed by atoms with Gasteiger partial charge in [0.1, 0.15) is 0 Å². The molecule has 8 heteroatoms. The number of rotatable bonds is 21. The van der Waals surface area contributed by atoms with Crippen molar-refractivity contribution >= 4 is 33.0 Å². The lowest BCUT2D eigenvalue weighted by Gasteiger charge is -2.29. The van der Waals surface area contributed by atoms with Crippen LogP contribution < -0.4 is 21.3 Å². The summed E-state index contributed by atoms with van der Waals surface area (Å²) in [6.07, 6.45) is 10.5. The zero-order chi connectivity index (χ0) is 27.5. The van der Waals surface area contributed by atoms with E-state index < -0.39 is 0 Å². The van der Waals surface area contributed by atoms with Crippen molar-refractivity contribution in [1.82, 2.24) is 20.4 Å². The van der Waals surface area contributed by atoms with E-state index in [0.29, 0.717) is 0 Å². The van der Waals surface area contributed by atoms with Gasteiger partial charge in [0.2, 0.25) is 0 Å². The van der Waals surface area contributed by atoms with Gasteiger partial charge in [-0.3, -0.25) is 9.80 Å². The van der Waals surface area contributed by atoms with Crippen molar-refractivity contribution in [2.75, 3.05) is 74.7 Å². The molecule has 2 aromatic carbocycles. The molecule has 0 saturated carbocycles. The van der Waals surface area contributed by atoms with Crippen molar-refractivity contribution in [3.63, 3.8) is 0 Å². The van der Waals surface area contributed by atoms with Crippen molar-refractivity contribution in [2.45, 2.75) is 64.5 Å². The lowest BCUT2D eigenvalue weighted by molar-refractivity contribution is 0.268. The number of benzene rings is 2. The summed E-state index contributed by atoms with van der Waals surface area (Å²) >= 11 is 0. The SMILES string of the molecule is c1ccc2c(c1)CN(CCCCCCNCCSSCCNCCCCCCN1CNc3ccccc3C1)CN2. The smallest absolute Gasteiger partial charge is 0.0681 e. The number of para-hydroxylation sites is 2. The van der Waals surface area contributed by atoms with Crippen molar-refractivity contribution < 1.29 is 0 Å². The molecular weight excluding hydrogens is 533 g/mol. The molecule has 0 aromatic heterocycles. The Hall–Kier alpha value is -1.42. The third-order valence-corrected chi connectivity index (χ3v) is 10.2. The predicted octanol–water partition coefficient (Wildman–Crippen LogP) is 6.44. The van der Waals surface area contributed by atoms with Crippen LogP contribution in [0.5, 0.6) is 0 Å². The van der Waals surface area contributed by atoms with E-state index in [4.69, 9.17) is 0 Å². The zero-order valence-corrected chi connectivity index (χ0v) is 26.1. The Kier molecular flexibility index (Phi) is 15.5. The quantitative estimate of drug-likeness (QED) is 0.0989. The highest BCUT2D eigenvalue weighted by molar-refractivity contribution is 8.76. The molecule has 2 aliphatic heterocycles. The van der Waals surface area contributed by atoms with E-state index >= 15 is 0 Å². The molecule has 0 atom stereocenters. The van der Waals surface area contributed by atoms with Gasteiger partial charge in [0.05, 0.1) is 13.3 Å². The van der Waals surface area contributed by atoms with Gasteiger partial charge in [0, 0.05) is 62.1 Å². The fourth-order valence-electron chi connectivity index (χ4n) is 5.44. The standard InChI is InChI=1S/C32H52N6S2/c1(3-11-21-37-25-29-13-5-7-15-31(29)35-27-37)9-17-33-19-23-39-40-24-20-34-18-10-2-4-12-22-38-26-30-14-6-8-16-32(30)36-28-38/h5-8,13-16,33-36H,1-4,9-12,17-28H2. The highest BCUT2D eigenvalue weighted by Gasteiger charge is 2.15. The minimum Gasteiger partial charge on any atom is -0.372 e. The van der Waals surface area contributed by atoms with Gasteiger partial charge in [-0.25, -0.2) is 0 Å². The van der Waals surface area contributed by atoms with Crippen LogP contribution in [-0.4, -0.2) is 73.9 Å². The summed E-state index contributed by atoms with van der Waals surface area (Å²) in [7, 11) is 4.03. The average molecular weight is 585 g/mol. The zero-order valence-electron chi connectivity index (χ0n) is 24.5. The van der Waals surface area contributed by atoms with Crippen LogP contribution in [0.3, 0.4) is 0 Å². The molecule has 0 aliphatic carbocycles. The highest BCUT2D eigenvalue weighted by atomic mass is 33.1. The predicted molar refractivity (Wildman–Crippen MR) is 178 cm³/mol. The van der Waals surface area contributed by atoms with Crippen LogP contribution in [0.1, 0.15) is 62.5 Å². The molecule has 0 saturated heterocycles. The Balaban J connectivity index is 0.827. The normalized spacial score (nSPS) is 15.3. The van der Waals surface area contributed by atoms with Crippen LogP contribution in [0.4, 0.5) is 11.4 Å². The molecule has 0 spiro atoms. The van der Waals surface area contributed by atoms with Crippen LogP contribution in [-0.2, 0) is 13.1 Å². The first-order valence-corrected chi connectivity index (χ1v) is 18.1. The van der Waals surface area contributed by atoms with E-state index in [9.17, 15) is 0 Å². The van der Waals surface area contributed by atoms with Crippen LogP contribution in [0.2, 0.25) is 0 Å². The molecule has 0 fully saturated rings. The Morgan fingerprint density at radius 3 is 1.50 bits per heavy atom. The Morgan fingerprint density at radius 1 is 0.550 bits per heavy atom. The van der Waals surface area contributed by atoms with E-state index in [1.165, 1.54) is 98.5 Å². The molecular formula is C32H52N6S2. The first-order chi connectivity index (χ1) is 19.9. The van der Waals surface area contributed by atoms with Gasteiger partial charge in [-0.05, 0) is 62.0 Å². The molecule has 222 valence electrons. The van der Waals surface area contributed by atoms with Gasteiger partial charge in [0.15, 0.2) is 0 Å². The minimum absolute atomic E-state index is 0.985. The topological polar surface area (TPSA) is 54.6 Å². The second kappa shape index (κ2) is 19.7. The van der Waals surface area contributed by atoms with Crippen LogP contribution in [0.15, 0.2) is 48.5 Å².